The smallest absolute Gasteiger partial charge is 0.276 e. The van der Waals surface area contributed by atoms with Gasteiger partial charge in [0.2, 0.25) is 0 Å². The minimum atomic E-state index is -0.0787. The van der Waals surface area contributed by atoms with Crippen LogP contribution in [0.1, 0.15) is 30.8 Å². The van der Waals surface area contributed by atoms with Gasteiger partial charge in [0.05, 0.1) is 6.10 Å². The molecule has 2 rings (SSSR count). The Labute approximate surface area is 114 Å². The topological polar surface area (TPSA) is 54.5 Å². The summed E-state index contributed by atoms with van der Waals surface area (Å²) in [6, 6.07) is 3.81. The number of carbonyl (C=O) groups is 1. The Morgan fingerprint density at radius 1 is 1.58 bits per heavy atom. The highest BCUT2D eigenvalue weighted by Gasteiger charge is 2.26. The van der Waals surface area contributed by atoms with Crippen LogP contribution >= 0.6 is 0 Å². The van der Waals surface area contributed by atoms with Crippen molar-refractivity contribution in [2.24, 2.45) is 0 Å². The number of pyridine rings is 1. The van der Waals surface area contributed by atoms with Gasteiger partial charge in [-0.1, -0.05) is 0 Å². The van der Waals surface area contributed by atoms with Crippen molar-refractivity contribution in [3.63, 3.8) is 0 Å². The first-order valence-electron chi connectivity index (χ1n) is 6.69. The summed E-state index contributed by atoms with van der Waals surface area (Å²) in [5, 5.41) is 3.26. The molecule has 1 saturated heterocycles. The second kappa shape index (κ2) is 6.02. The number of rotatable bonds is 4. The second-order valence-electron chi connectivity index (χ2n) is 5.08. The molecule has 1 aliphatic heterocycles. The summed E-state index contributed by atoms with van der Waals surface area (Å²) >= 11 is 0. The fourth-order valence-electron chi connectivity index (χ4n) is 2.20. The molecule has 0 bridgehead atoms. The minimum Gasteiger partial charge on any atom is -0.489 e. The first-order valence-corrected chi connectivity index (χ1v) is 6.69. The number of amides is 1. The zero-order valence-electron chi connectivity index (χ0n) is 11.7. The van der Waals surface area contributed by atoms with E-state index in [0.717, 1.165) is 19.5 Å². The normalized spacial score (nSPS) is 18.6. The fraction of sp³-hybridized carbons (Fsp3) is 0.571. The monoisotopic (exact) mass is 263 g/mol. The number of nitrogens with one attached hydrogen (secondary N) is 1. The van der Waals surface area contributed by atoms with E-state index in [1.54, 1.807) is 23.2 Å². The number of aromatic nitrogens is 1. The predicted molar refractivity (Wildman–Crippen MR) is 73.4 cm³/mol. The van der Waals surface area contributed by atoms with Gasteiger partial charge in [-0.3, -0.25) is 4.79 Å². The Bertz CT molecular complexity index is 442. The minimum absolute atomic E-state index is 0.0224. The van der Waals surface area contributed by atoms with E-state index in [0.29, 0.717) is 11.4 Å². The van der Waals surface area contributed by atoms with Gasteiger partial charge in [0, 0.05) is 25.8 Å². The van der Waals surface area contributed by atoms with Crippen molar-refractivity contribution in [3.05, 3.63) is 24.0 Å². The lowest BCUT2D eigenvalue weighted by molar-refractivity contribution is 0.0731. The summed E-state index contributed by atoms with van der Waals surface area (Å²) in [6.07, 6.45) is 2.63. The number of carbonyl (C=O) groups excluding carboxylic acids is 1. The molecule has 0 radical (unpaired) electrons. The van der Waals surface area contributed by atoms with Crippen LogP contribution in [0.2, 0.25) is 0 Å². The molecule has 1 aromatic rings. The van der Waals surface area contributed by atoms with Gasteiger partial charge in [0.15, 0.2) is 11.4 Å². The van der Waals surface area contributed by atoms with Crippen LogP contribution < -0.4 is 10.1 Å². The Hall–Kier alpha value is -1.62. The lowest BCUT2D eigenvalue weighted by Crippen LogP contribution is -2.39. The average molecular weight is 263 g/mol. The molecular formula is C14H21N3O2. The molecular weight excluding hydrogens is 242 g/mol. The highest BCUT2D eigenvalue weighted by atomic mass is 16.5. The third-order valence-corrected chi connectivity index (χ3v) is 3.24. The van der Waals surface area contributed by atoms with Crippen molar-refractivity contribution >= 4 is 5.91 Å². The lowest BCUT2D eigenvalue weighted by atomic mass is 10.2. The SMILES string of the molecule is CC(C)Oc1cccnc1C(=O)N(C)[C@@H]1CCNC1. The highest BCUT2D eigenvalue weighted by Crippen LogP contribution is 2.20. The van der Waals surface area contributed by atoms with Crippen molar-refractivity contribution < 1.29 is 9.53 Å². The standard InChI is InChI=1S/C14H21N3O2/c1-10(2)19-12-5-4-7-16-13(12)14(18)17(3)11-6-8-15-9-11/h4-5,7,10-11,15H,6,8-9H2,1-3H3/t11-/m1/s1. The molecule has 5 nitrogen and oxygen atoms in total. The molecule has 2 heterocycles. The van der Waals surface area contributed by atoms with E-state index in [1.165, 1.54) is 0 Å². The number of ether oxygens (including phenoxy) is 1. The van der Waals surface area contributed by atoms with E-state index >= 15 is 0 Å². The van der Waals surface area contributed by atoms with E-state index in [1.807, 2.05) is 20.9 Å². The quantitative estimate of drug-likeness (QED) is 0.889. The number of nitrogens with zero attached hydrogens (tertiary/aromatic N) is 2. The van der Waals surface area contributed by atoms with Crippen LogP contribution in [0.4, 0.5) is 0 Å². The van der Waals surface area contributed by atoms with Crippen LogP contribution in [0.15, 0.2) is 18.3 Å². The first kappa shape index (κ1) is 13.8. The predicted octanol–water partition coefficient (Wildman–Crippen LogP) is 1.30. The van der Waals surface area contributed by atoms with Gasteiger partial charge in [-0.05, 0) is 38.9 Å². The van der Waals surface area contributed by atoms with Gasteiger partial charge in [0.25, 0.3) is 5.91 Å². The van der Waals surface area contributed by atoms with Gasteiger partial charge >= 0.3 is 0 Å². The van der Waals surface area contributed by atoms with Crippen LogP contribution in [0.5, 0.6) is 5.75 Å². The molecule has 1 N–H and O–H groups in total. The third-order valence-electron chi connectivity index (χ3n) is 3.24. The molecule has 0 aliphatic carbocycles. The van der Waals surface area contributed by atoms with Crippen molar-refractivity contribution in [1.29, 1.82) is 0 Å². The Kier molecular flexibility index (Phi) is 4.37. The summed E-state index contributed by atoms with van der Waals surface area (Å²) in [5.74, 6) is 0.477. The zero-order valence-corrected chi connectivity index (χ0v) is 11.7. The van der Waals surface area contributed by atoms with Crippen molar-refractivity contribution in [2.45, 2.75) is 32.4 Å². The summed E-state index contributed by atoms with van der Waals surface area (Å²) in [4.78, 5) is 18.4. The van der Waals surface area contributed by atoms with Gasteiger partial charge in [-0.15, -0.1) is 0 Å². The number of hydrogen-bond donors (Lipinski definition) is 1. The van der Waals surface area contributed by atoms with Crippen LogP contribution in [0, 0.1) is 0 Å². The van der Waals surface area contributed by atoms with Crippen LogP contribution in [-0.4, -0.2) is 48.1 Å². The molecule has 5 heteroatoms. The van der Waals surface area contributed by atoms with Gasteiger partial charge < -0.3 is 15.0 Å². The van der Waals surface area contributed by atoms with Crippen molar-refractivity contribution in [3.8, 4) is 5.75 Å². The highest BCUT2D eigenvalue weighted by molar-refractivity contribution is 5.95. The molecule has 1 atom stereocenters. The van der Waals surface area contributed by atoms with E-state index in [-0.39, 0.29) is 18.1 Å². The van der Waals surface area contributed by atoms with E-state index < -0.39 is 0 Å². The maximum absolute atomic E-state index is 12.5. The van der Waals surface area contributed by atoms with Crippen LogP contribution in [0.25, 0.3) is 0 Å². The zero-order chi connectivity index (χ0) is 13.8. The van der Waals surface area contributed by atoms with E-state index in [2.05, 4.69) is 10.3 Å². The fourth-order valence-corrected chi connectivity index (χ4v) is 2.20. The second-order valence-corrected chi connectivity index (χ2v) is 5.08. The Balaban J connectivity index is 2.17. The molecule has 1 aromatic heterocycles. The van der Waals surface area contributed by atoms with Crippen molar-refractivity contribution in [2.75, 3.05) is 20.1 Å². The summed E-state index contributed by atoms with van der Waals surface area (Å²) in [5.41, 5.74) is 0.394. The molecule has 104 valence electrons. The summed E-state index contributed by atoms with van der Waals surface area (Å²) < 4.78 is 5.65. The van der Waals surface area contributed by atoms with E-state index in [9.17, 15) is 4.79 Å². The molecule has 1 amide bonds. The van der Waals surface area contributed by atoms with Gasteiger partial charge in [-0.2, -0.15) is 0 Å². The maximum Gasteiger partial charge on any atom is 0.276 e. The average Bonchev–Trinajstić information content (AvgIpc) is 2.91. The van der Waals surface area contributed by atoms with Gasteiger partial charge in [0.1, 0.15) is 0 Å². The number of likely N-dealkylation sites (N-methyl/N-ethyl adjacent to an activating group) is 1. The largest absolute Gasteiger partial charge is 0.489 e. The Morgan fingerprint density at radius 3 is 3.00 bits per heavy atom. The molecule has 0 unspecified atom stereocenters. The van der Waals surface area contributed by atoms with Crippen molar-refractivity contribution in [1.82, 2.24) is 15.2 Å². The maximum atomic E-state index is 12.5. The van der Waals surface area contributed by atoms with Crippen LogP contribution in [-0.2, 0) is 0 Å². The number of hydrogen-bond acceptors (Lipinski definition) is 4. The Morgan fingerprint density at radius 2 is 2.37 bits per heavy atom. The summed E-state index contributed by atoms with van der Waals surface area (Å²) in [6.45, 7) is 5.67. The summed E-state index contributed by atoms with van der Waals surface area (Å²) in [7, 11) is 1.83. The molecule has 19 heavy (non-hydrogen) atoms. The molecule has 0 aromatic carbocycles. The molecule has 0 saturated carbocycles. The lowest BCUT2D eigenvalue weighted by Gasteiger charge is -2.24. The molecule has 0 spiro atoms. The van der Waals surface area contributed by atoms with Crippen LogP contribution in [0.3, 0.4) is 0 Å². The first-order chi connectivity index (χ1) is 9.09. The molecule has 1 aliphatic rings. The van der Waals surface area contributed by atoms with Gasteiger partial charge in [-0.25, -0.2) is 4.98 Å². The molecule has 1 fully saturated rings. The third kappa shape index (κ3) is 3.23. The van der Waals surface area contributed by atoms with E-state index in [4.69, 9.17) is 4.74 Å².